The van der Waals surface area contributed by atoms with Crippen molar-refractivity contribution in [1.29, 1.82) is 0 Å². The van der Waals surface area contributed by atoms with Gasteiger partial charge in [-0.25, -0.2) is 4.98 Å². The number of fused-ring (bicyclic) bond motifs is 1. The molecule has 1 saturated heterocycles. The number of hydrogen-bond donors (Lipinski definition) is 5. The Labute approximate surface area is 112 Å². The second-order valence-corrected chi connectivity index (χ2v) is 4.67. The molecule has 20 heavy (non-hydrogen) atoms. The van der Waals surface area contributed by atoms with Gasteiger partial charge in [-0.05, 0) is 0 Å². The third-order valence-corrected chi connectivity index (χ3v) is 3.39. The van der Waals surface area contributed by atoms with E-state index in [1.165, 1.54) is 17.0 Å². The van der Waals surface area contributed by atoms with Crippen LogP contribution in [-0.4, -0.2) is 54.8 Å². The van der Waals surface area contributed by atoms with Crippen LogP contribution in [0.2, 0.25) is 0 Å². The molecule has 3 heterocycles. The normalized spacial score (nSPS) is 30.1. The van der Waals surface area contributed by atoms with Crippen molar-refractivity contribution in [2.24, 2.45) is 0 Å². The van der Waals surface area contributed by atoms with Gasteiger partial charge in [0, 0.05) is 6.07 Å². The van der Waals surface area contributed by atoms with Crippen molar-refractivity contribution in [3.8, 4) is 0 Å². The van der Waals surface area contributed by atoms with Crippen molar-refractivity contribution in [2.75, 3.05) is 12.3 Å². The first-order valence-corrected chi connectivity index (χ1v) is 6.00. The number of aromatic nitrogens is 3. The lowest BCUT2D eigenvalue weighted by molar-refractivity contribution is -0.0508. The number of aliphatic hydroxyl groups is 3. The van der Waals surface area contributed by atoms with Crippen molar-refractivity contribution in [1.82, 2.24) is 14.5 Å². The van der Waals surface area contributed by atoms with Crippen LogP contribution < -0.4 is 11.3 Å². The van der Waals surface area contributed by atoms with E-state index in [2.05, 4.69) is 9.97 Å². The highest BCUT2D eigenvalue weighted by Gasteiger charge is 2.43. The Morgan fingerprint density at radius 2 is 2.20 bits per heavy atom. The van der Waals surface area contributed by atoms with Crippen molar-refractivity contribution in [3.63, 3.8) is 0 Å². The minimum atomic E-state index is -1.25. The molecule has 6 N–H and O–H groups in total. The number of aromatic amines is 1. The van der Waals surface area contributed by atoms with Crippen molar-refractivity contribution >= 4 is 16.9 Å². The number of nitrogens with two attached hydrogens (primary N) is 1. The van der Waals surface area contributed by atoms with E-state index in [0.717, 1.165) is 0 Å². The maximum Gasteiger partial charge on any atom is 0.277 e. The molecule has 1 aliphatic rings. The number of nitrogens with zero attached hydrogens (tertiary/aromatic N) is 2. The first-order valence-electron chi connectivity index (χ1n) is 6.00. The SMILES string of the molecule is Nc1cc2c(ncn2[C@@H]2O[C@H](CO)[C@@H](O)[C@H]2O)c(=O)[nH]1. The standard InChI is InChI=1S/C11H14N4O5/c12-6-1-4-7(10(19)14-6)13-3-15(4)11-9(18)8(17)5(2-16)20-11/h1,3,5,8-9,11,16-18H,2H2,(H3,12,14,19)/t5-,8-,9-,11-/m1/s1. The van der Waals surface area contributed by atoms with Crippen LogP contribution in [0.3, 0.4) is 0 Å². The molecule has 0 aromatic carbocycles. The second-order valence-electron chi connectivity index (χ2n) is 4.67. The van der Waals surface area contributed by atoms with Gasteiger partial charge in [-0.1, -0.05) is 0 Å². The number of H-pyrrole nitrogens is 1. The van der Waals surface area contributed by atoms with Gasteiger partial charge in [-0.2, -0.15) is 0 Å². The van der Waals surface area contributed by atoms with Gasteiger partial charge in [-0.3, -0.25) is 4.79 Å². The van der Waals surface area contributed by atoms with Crippen LogP contribution in [0.15, 0.2) is 17.2 Å². The highest BCUT2D eigenvalue weighted by Crippen LogP contribution is 2.31. The van der Waals surface area contributed by atoms with Crippen LogP contribution in [0.4, 0.5) is 5.82 Å². The van der Waals surface area contributed by atoms with Crippen molar-refractivity contribution < 1.29 is 20.1 Å². The summed E-state index contributed by atoms with van der Waals surface area (Å²) < 4.78 is 6.79. The van der Waals surface area contributed by atoms with Crippen LogP contribution in [0.25, 0.3) is 11.0 Å². The topological polar surface area (TPSA) is 147 Å². The number of nitrogens with one attached hydrogen (secondary N) is 1. The molecule has 0 amide bonds. The lowest BCUT2D eigenvalue weighted by Gasteiger charge is -2.17. The number of nitrogen functional groups attached to an aromatic ring is 1. The summed E-state index contributed by atoms with van der Waals surface area (Å²) in [6.45, 7) is -0.427. The molecule has 0 radical (unpaired) electrons. The fourth-order valence-corrected chi connectivity index (χ4v) is 2.37. The van der Waals surface area contributed by atoms with Gasteiger partial charge in [0.1, 0.15) is 24.1 Å². The Bertz CT molecular complexity index is 696. The summed E-state index contributed by atoms with van der Waals surface area (Å²) in [6, 6.07) is 1.48. The maximum absolute atomic E-state index is 11.7. The van der Waals surface area contributed by atoms with E-state index in [9.17, 15) is 15.0 Å². The van der Waals surface area contributed by atoms with E-state index < -0.39 is 36.7 Å². The summed E-state index contributed by atoms with van der Waals surface area (Å²) in [5.74, 6) is 0.149. The highest BCUT2D eigenvalue weighted by atomic mass is 16.6. The van der Waals surface area contributed by atoms with Gasteiger partial charge < -0.3 is 35.3 Å². The first-order chi connectivity index (χ1) is 9.52. The van der Waals surface area contributed by atoms with Gasteiger partial charge in [0.05, 0.1) is 18.5 Å². The molecule has 0 spiro atoms. The average Bonchev–Trinajstić information content (AvgIpc) is 2.93. The largest absolute Gasteiger partial charge is 0.394 e. The van der Waals surface area contributed by atoms with Crippen molar-refractivity contribution in [3.05, 3.63) is 22.7 Å². The summed E-state index contributed by atoms with van der Waals surface area (Å²) in [4.78, 5) is 18.0. The van der Waals surface area contributed by atoms with Crippen LogP contribution >= 0.6 is 0 Å². The number of ether oxygens (including phenoxy) is 1. The molecule has 0 aliphatic carbocycles. The summed E-state index contributed by atoms with van der Waals surface area (Å²) in [5, 5.41) is 28.8. The van der Waals surface area contributed by atoms with Gasteiger partial charge in [0.2, 0.25) is 0 Å². The highest BCUT2D eigenvalue weighted by molar-refractivity contribution is 5.76. The van der Waals surface area contributed by atoms with Crippen LogP contribution in [-0.2, 0) is 4.74 Å². The molecule has 4 atom stereocenters. The molecular formula is C11H14N4O5. The summed E-state index contributed by atoms with van der Waals surface area (Å²) in [7, 11) is 0. The third kappa shape index (κ3) is 1.79. The van der Waals surface area contributed by atoms with Gasteiger partial charge in [-0.15, -0.1) is 0 Å². The zero-order chi connectivity index (χ0) is 14.4. The number of rotatable bonds is 2. The van der Waals surface area contributed by atoms with Crippen LogP contribution in [0.1, 0.15) is 6.23 Å². The number of pyridine rings is 1. The van der Waals surface area contributed by atoms with E-state index in [4.69, 9.17) is 15.6 Å². The molecule has 0 saturated carbocycles. The smallest absolute Gasteiger partial charge is 0.277 e. The number of hydrogen-bond acceptors (Lipinski definition) is 7. The van der Waals surface area contributed by atoms with Gasteiger partial charge in [0.15, 0.2) is 11.7 Å². The number of anilines is 1. The van der Waals surface area contributed by atoms with Crippen molar-refractivity contribution in [2.45, 2.75) is 24.5 Å². The zero-order valence-corrected chi connectivity index (χ0v) is 10.3. The Hall–Kier alpha value is -1.94. The Kier molecular flexibility index (Phi) is 2.98. The fourth-order valence-electron chi connectivity index (χ4n) is 2.37. The lowest BCUT2D eigenvalue weighted by atomic mass is 10.1. The van der Waals surface area contributed by atoms with Gasteiger partial charge >= 0.3 is 0 Å². The predicted molar refractivity (Wildman–Crippen MR) is 67.8 cm³/mol. The Morgan fingerprint density at radius 3 is 2.85 bits per heavy atom. The molecule has 0 unspecified atom stereocenters. The fraction of sp³-hybridized carbons (Fsp3) is 0.455. The molecule has 2 aromatic heterocycles. The van der Waals surface area contributed by atoms with E-state index in [1.54, 1.807) is 0 Å². The predicted octanol–water partition coefficient (Wildman–Crippen LogP) is -2.08. The molecular weight excluding hydrogens is 268 g/mol. The summed E-state index contributed by atoms with van der Waals surface area (Å²) >= 11 is 0. The average molecular weight is 282 g/mol. The lowest BCUT2D eigenvalue weighted by Crippen LogP contribution is -2.33. The third-order valence-electron chi connectivity index (χ3n) is 3.39. The Balaban J connectivity index is 2.09. The monoisotopic (exact) mass is 282 g/mol. The van der Waals surface area contributed by atoms with E-state index in [1.807, 2.05) is 0 Å². The van der Waals surface area contributed by atoms with Gasteiger partial charge in [0.25, 0.3) is 5.56 Å². The molecule has 9 heteroatoms. The maximum atomic E-state index is 11.7. The summed E-state index contributed by atoms with van der Waals surface area (Å²) in [5.41, 5.74) is 5.65. The molecule has 1 aliphatic heterocycles. The van der Waals surface area contributed by atoms with E-state index >= 15 is 0 Å². The second kappa shape index (κ2) is 4.56. The molecule has 108 valence electrons. The Morgan fingerprint density at radius 1 is 1.45 bits per heavy atom. The quantitative estimate of drug-likeness (QED) is 0.424. The van der Waals surface area contributed by atoms with E-state index in [-0.39, 0.29) is 11.3 Å². The molecule has 2 aromatic rings. The zero-order valence-electron chi connectivity index (χ0n) is 10.3. The van der Waals surface area contributed by atoms with Crippen LogP contribution in [0.5, 0.6) is 0 Å². The molecule has 9 nitrogen and oxygen atoms in total. The first kappa shape index (κ1) is 13.1. The number of imidazole rings is 1. The number of aliphatic hydroxyl groups excluding tert-OH is 3. The minimum absolute atomic E-state index is 0.149. The minimum Gasteiger partial charge on any atom is -0.394 e. The molecule has 3 rings (SSSR count). The van der Waals surface area contributed by atoms with Crippen LogP contribution in [0, 0.1) is 0 Å². The molecule has 0 bridgehead atoms. The van der Waals surface area contributed by atoms with E-state index in [0.29, 0.717) is 5.52 Å². The molecule has 1 fully saturated rings. The summed E-state index contributed by atoms with van der Waals surface area (Å²) in [6.07, 6.45) is -2.99.